The topological polar surface area (TPSA) is 112 Å². The Kier molecular flexibility index (Phi) is 9.46. The molecule has 4 atom stereocenters. The van der Waals surface area contributed by atoms with Crippen molar-refractivity contribution in [1.29, 1.82) is 0 Å². The van der Waals surface area contributed by atoms with Gasteiger partial charge in [0, 0.05) is 30.1 Å². The summed E-state index contributed by atoms with van der Waals surface area (Å²) >= 11 is 0. The summed E-state index contributed by atoms with van der Waals surface area (Å²) in [5.74, 6) is -0.585. The summed E-state index contributed by atoms with van der Waals surface area (Å²) in [5, 5.41) is 21.5. The molecular weight excluding hydrogens is 460 g/mol. The van der Waals surface area contributed by atoms with Crippen molar-refractivity contribution in [3.63, 3.8) is 0 Å². The number of primary amides is 1. The van der Waals surface area contributed by atoms with Gasteiger partial charge in [-0.05, 0) is 63.9 Å². The fourth-order valence-corrected chi connectivity index (χ4v) is 5.08. The van der Waals surface area contributed by atoms with Gasteiger partial charge in [-0.1, -0.05) is 24.3 Å². The number of hydrogen-bond acceptors (Lipinski definition) is 8. The van der Waals surface area contributed by atoms with Gasteiger partial charge < -0.3 is 30.5 Å². The molecule has 0 saturated carbocycles. The lowest BCUT2D eigenvalue weighted by molar-refractivity contribution is -0.181. The highest BCUT2D eigenvalue weighted by Gasteiger charge is 2.48. The van der Waals surface area contributed by atoms with E-state index in [4.69, 9.17) is 15.3 Å². The molecule has 1 saturated heterocycles. The summed E-state index contributed by atoms with van der Waals surface area (Å²) < 4.78 is 5.89. The van der Waals surface area contributed by atoms with Gasteiger partial charge in [-0.15, -0.1) is 0 Å². The zero-order valence-electron chi connectivity index (χ0n) is 22.1. The zero-order chi connectivity index (χ0) is 26.6. The molecule has 1 aliphatic heterocycles. The van der Waals surface area contributed by atoms with Crippen molar-refractivity contribution in [3.8, 4) is 16.9 Å². The SMILES string of the molecule is COc1c(CN2O[C@@H](CO)[C@H]([C@H](C)O)[C@H]2C(N)=O)cccc1-c1cc(CN(C)C)cc(CN(C)C)c1. The molecule has 3 rings (SSSR count). The quantitative estimate of drug-likeness (QED) is 0.425. The normalized spacial score (nSPS) is 21.3. The summed E-state index contributed by atoms with van der Waals surface area (Å²) in [6.45, 7) is 3.05. The molecule has 2 aromatic carbocycles. The van der Waals surface area contributed by atoms with Gasteiger partial charge >= 0.3 is 0 Å². The second-order valence-corrected chi connectivity index (χ2v) is 10.1. The number of ether oxygens (including phenoxy) is 1. The van der Waals surface area contributed by atoms with Crippen LogP contribution >= 0.6 is 0 Å². The van der Waals surface area contributed by atoms with Crippen LogP contribution in [0.25, 0.3) is 11.1 Å². The highest BCUT2D eigenvalue weighted by molar-refractivity contribution is 5.80. The van der Waals surface area contributed by atoms with Gasteiger partial charge in [0.25, 0.3) is 0 Å². The Hall–Kier alpha value is -2.53. The van der Waals surface area contributed by atoms with Gasteiger partial charge in [0.15, 0.2) is 0 Å². The molecule has 0 bridgehead atoms. The number of hydrogen-bond donors (Lipinski definition) is 3. The van der Waals surface area contributed by atoms with Crippen LogP contribution < -0.4 is 10.5 Å². The van der Waals surface area contributed by atoms with Gasteiger partial charge in [0.2, 0.25) is 5.91 Å². The predicted molar refractivity (Wildman–Crippen MR) is 139 cm³/mol. The first-order chi connectivity index (χ1) is 17.0. The number of aliphatic hydroxyl groups excluding tert-OH is 2. The van der Waals surface area contributed by atoms with Gasteiger partial charge in [-0.25, -0.2) is 0 Å². The monoisotopic (exact) mass is 500 g/mol. The van der Waals surface area contributed by atoms with E-state index in [0.29, 0.717) is 5.75 Å². The van der Waals surface area contributed by atoms with Gasteiger partial charge in [0.05, 0.1) is 26.4 Å². The third kappa shape index (κ3) is 6.42. The van der Waals surface area contributed by atoms with E-state index in [1.807, 2.05) is 46.4 Å². The van der Waals surface area contributed by atoms with Crippen molar-refractivity contribution in [2.75, 3.05) is 41.9 Å². The second kappa shape index (κ2) is 12.1. The third-order valence-corrected chi connectivity index (χ3v) is 6.39. The minimum absolute atomic E-state index is 0.201. The average Bonchev–Trinajstić information content (AvgIpc) is 3.16. The highest BCUT2D eigenvalue weighted by Crippen LogP contribution is 2.38. The molecule has 0 aromatic heterocycles. The fourth-order valence-electron chi connectivity index (χ4n) is 5.08. The second-order valence-electron chi connectivity index (χ2n) is 10.1. The number of carbonyl (C=O) groups excluding carboxylic acids is 1. The number of para-hydroxylation sites is 1. The standard InChI is InChI=1S/C27H40N4O5/c1-17(33)24-23(16-32)36-31(25(24)27(28)34)15-20-8-7-9-22(26(20)35-6)21-11-18(13-29(2)3)10-19(12-21)14-30(4)5/h7-12,17,23-25,32-33H,13-16H2,1-6H3,(H2,28,34)/t17-,23-,24-,25-/m0/s1. The molecule has 198 valence electrons. The first-order valence-corrected chi connectivity index (χ1v) is 12.2. The van der Waals surface area contributed by atoms with E-state index < -0.39 is 30.1 Å². The largest absolute Gasteiger partial charge is 0.496 e. The van der Waals surface area contributed by atoms with Crippen LogP contribution in [0.4, 0.5) is 0 Å². The third-order valence-electron chi connectivity index (χ3n) is 6.39. The molecule has 0 spiro atoms. The van der Waals surface area contributed by atoms with Crippen LogP contribution in [0.15, 0.2) is 36.4 Å². The molecule has 1 amide bonds. The zero-order valence-corrected chi connectivity index (χ0v) is 22.1. The predicted octanol–water partition coefficient (Wildman–Crippen LogP) is 1.44. The van der Waals surface area contributed by atoms with Crippen molar-refractivity contribution in [1.82, 2.24) is 14.9 Å². The number of aliphatic hydroxyl groups is 2. The summed E-state index contributed by atoms with van der Waals surface area (Å²) in [6.07, 6.45) is -1.61. The fraction of sp³-hybridized carbons (Fsp3) is 0.519. The van der Waals surface area contributed by atoms with Gasteiger partial charge in [0.1, 0.15) is 17.9 Å². The molecule has 0 radical (unpaired) electrons. The Morgan fingerprint density at radius 2 is 1.75 bits per heavy atom. The van der Waals surface area contributed by atoms with Crippen LogP contribution in [-0.4, -0.2) is 91.1 Å². The summed E-state index contributed by atoms with van der Waals surface area (Å²) in [6, 6.07) is 11.6. The van der Waals surface area contributed by atoms with Crippen LogP contribution in [0.2, 0.25) is 0 Å². The number of carbonyl (C=O) groups is 1. The summed E-state index contributed by atoms with van der Waals surface area (Å²) in [5.41, 5.74) is 10.9. The number of benzene rings is 2. The van der Waals surface area contributed by atoms with E-state index >= 15 is 0 Å². The van der Waals surface area contributed by atoms with Crippen molar-refractivity contribution in [3.05, 3.63) is 53.1 Å². The average molecular weight is 501 g/mol. The molecule has 1 fully saturated rings. The molecule has 9 heteroatoms. The van der Waals surface area contributed by atoms with E-state index in [1.165, 1.54) is 16.2 Å². The smallest absolute Gasteiger partial charge is 0.237 e. The van der Waals surface area contributed by atoms with Crippen LogP contribution in [0.3, 0.4) is 0 Å². The van der Waals surface area contributed by atoms with Crippen LogP contribution in [0, 0.1) is 5.92 Å². The molecule has 1 heterocycles. The van der Waals surface area contributed by atoms with E-state index in [9.17, 15) is 15.0 Å². The maximum atomic E-state index is 12.3. The number of nitrogens with two attached hydrogens (primary N) is 1. The Morgan fingerprint density at radius 1 is 1.14 bits per heavy atom. The van der Waals surface area contributed by atoms with Crippen LogP contribution in [0.5, 0.6) is 5.75 Å². The van der Waals surface area contributed by atoms with Crippen molar-refractivity contribution in [2.45, 2.75) is 44.8 Å². The molecule has 9 nitrogen and oxygen atoms in total. The number of rotatable bonds is 11. The first-order valence-electron chi connectivity index (χ1n) is 12.2. The molecule has 1 aliphatic rings. The lowest BCUT2D eigenvalue weighted by atomic mass is 9.89. The number of amides is 1. The van der Waals surface area contributed by atoms with E-state index in [0.717, 1.165) is 29.8 Å². The number of hydroxylamine groups is 2. The lowest BCUT2D eigenvalue weighted by Crippen LogP contribution is -2.47. The van der Waals surface area contributed by atoms with E-state index in [2.05, 4.69) is 28.0 Å². The minimum atomic E-state index is -0.884. The maximum absolute atomic E-state index is 12.3. The van der Waals surface area contributed by atoms with Crippen molar-refractivity contribution < 1.29 is 24.6 Å². The van der Waals surface area contributed by atoms with E-state index in [-0.39, 0.29) is 13.2 Å². The van der Waals surface area contributed by atoms with Crippen molar-refractivity contribution >= 4 is 5.91 Å². The van der Waals surface area contributed by atoms with E-state index in [1.54, 1.807) is 14.0 Å². The summed E-state index contributed by atoms with van der Waals surface area (Å²) in [4.78, 5) is 22.5. The Balaban J connectivity index is 2.03. The Bertz CT molecular complexity index is 1010. The van der Waals surface area contributed by atoms with Gasteiger partial charge in [-0.2, -0.15) is 5.06 Å². The molecule has 0 aliphatic carbocycles. The summed E-state index contributed by atoms with van der Waals surface area (Å²) in [7, 11) is 9.81. The maximum Gasteiger partial charge on any atom is 0.237 e. The number of methoxy groups -OCH3 is 1. The molecule has 4 N–H and O–H groups in total. The minimum Gasteiger partial charge on any atom is -0.496 e. The molecular formula is C27H40N4O5. The lowest BCUT2D eigenvalue weighted by Gasteiger charge is -2.25. The number of nitrogens with zero attached hydrogens (tertiary/aromatic N) is 3. The Morgan fingerprint density at radius 3 is 2.22 bits per heavy atom. The van der Waals surface area contributed by atoms with Crippen LogP contribution in [0.1, 0.15) is 23.6 Å². The van der Waals surface area contributed by atoms with Crippen molar-refractivity contribution in [2.24, 2.45) is 11.7 Å². The molecule has 0 unspecified atom stereocenters. The van der Waals surface area contributed by atoms with Crippen LogP contribution in [-0.2, 0) is 29.3 Å². The highest BCUT2D eigenvalue weighted by atomic mass is 16.7. The molecule has 36 heavy (non-hydrogen) atoms. The Labute approximate surface area is 214 Å². The van der Waals surface area contributed by atoms with Gasteiger partial charge in [-0.3, -0.25) is 9.63 Å². The first kappa shape index (κ1) is 28.0. The molecule has 2 aromatic rings.